The van der Waals surface area contributed by atoms with Gasteiger partial charge in [0, 0.05) is 40.7 Å². The maximum Gasteiger partial charge on any atom is 0.231 e. The third-order valence-electron chi connectivity index (χ3n) is 3.57. The summed E-state index contributed by atoms with van der Waals surface area (Å²) in [6.45, 7) is 1.41. The molecule has 1 N–H and O–H groups in total. The van der Waals surface area contributed by atoms with Gasteiger partial charge in [0.15, 0.2) is 0 Å². The van der Waals surface area contributed by atoms with Crippen LogP contribution >= 0.6 is 11.6 Å². The van der Waals surface area contributed by atoms with Crippen molar-refractivity contribution in [2.75, 3.05) is 18.5 Å². The summed E-state index contributed by atoms with van der Waals surface area (Å²) in [4.78, 5) is 11.7. The molecule has 0 bridgehead atoms. The van der Waals surface area contributed by atoms with Gasteiger partial charge in [0.05, 0.1) is 0 Å². The second kappa shape index (κ2) is 7.81. The molecule has 3 rings (SSSR count). The fourth-order valence-corrected chi connectivity index (χ4v) is 4.01. The Morgan fingerprint density at radius 1 is 1.30 bits per heavy atom. The predicted molar refractivity (Wildman–Crippen MR) is 90.2 cm³/mol. The summed E-state index contributed by atoms with van der Waals surface area (Å²) in [5.74, 6) is 0.922. The average Bonchev–Trinajstić information content (AvgIpc) is 2.56. The second-order valence-corrected chi connectivity index (χ2v) is 7.30. The number of rotatable bonds is 5. The van der Waals surface area contributed by atoms with Gasteiger partial charge in [-0.2, -0.15) is 4.98 Å². The van der Waals surface area contributed by atoms with Gasteiger partial charge in [0.25, 0.3) is 0 Å². The molecule has 23 heavy (non-hydrogen) atoms. The summed E-state index contributed by atoms with van der Waals surface area (Å²) in [5, 5.41) is 3.44. The molecular weight excluding hydrogens is 336 g/mol. The second-order valence-electron chi connectivity index (χ2n) is 5.24. The molecule has 1 aliphatic heterocycles. The van der Waals surface area contributed by atoms with Crippen LogP contribution in [0.5, 0.6) is 0 Å². The minimum Gasteiger partial charge on any atom is -0.381 e. The minimum absolute atomic E-state index is 0.138. The smallest absolute Gasteiger partial charge is 0.231 e. The van der Waals surface area contributed by atoms with Gasteiger partial charge >= 0.3 is 0 Å². The monoisotopic (exact) mass is 352 g/mol. The molecule has 0 spiro atoms. The highest BCUT2D eigenvalue weighted by Gasteiger charge is 2.20. The van der Waals surface area contributed by atoms with E-state index in [1.54, 1.807) is 0 Å². The van der Waals surface area contributed by atoms with E-state index in [4.69, 9.17) is 16.3 Å². The van der Waals surface area contributed by atoms with Crippen LogP contribution in [0.25, 0.3) is 0 Å². The van der Waals surface area contributed by atoms with E-state index in [2.05, 4.69) is 20.3 Å². The van der Waals surface area contributed by atoms with E-state index in [9.17, 15) is 4.21 Å². The molecule has 1 atom stereocenters. The van der Waals surface area contributed by atoms with Crippen molar-refractivity contribution in [1.82, 2.24) is 15.0 Å². The van der Waals surface area contributed by atoms with Gasteiger partial charge in [-0.1, -0.05) is 12.1 Å². The lowest BCUT2D eigenvalue weighted by atomic mass is 10.2. The Morgan fingerprint density at radius 2 is 2.13 bits per heavy atom. The highest BCUT2D eigenvalue weighted by molar-refractivity contribution is 7.84. The van der Waals surface area contributed by atoms with Crippen LogP contribution in [0.1, 0.15) is 18.4 Å². The Hall–Kier alpha value is -1.57. The fourth-order valence-electron chi connectivity index (χ4n) is 2.43. The van der Waals surface area contributed by atoms with Crippen LogP contribution in [-0.4, -0.2) is 37.6 Å². The zero-order valence-corrected chi connectivity index (χ0v) is 14.0. The molecule has 2 heterocycles. The fraction of sp³-hybridized carbons (Fsp3) is 0.400. The molecule has 1 aromatic heterocycles. The lowest BCUT2D eigenvalue weighted by Gasteiger charge is -2.21. The normalized spacial score (nSPS) is 16.9. The number of nitrogens with one attached hydrogen (secondary N) is 1. The van der Waals surface area contributed by atoms with Crippen LogP contribution in [0.4, 0.5) is 11.6 Å². The first kappa shape index (κ1) is 16.3. The van der Waals surface area contributed by atoms with Gasteiger partial charge in [-0.15, -0.1) is 0 Å². The molecule has 8 heteroatoms. The van der Waals surface area contributed by atoms with Crippen molar-refractivity contribution in [3.63, 3.8) is 0 Å². The van der Waals surface area contributed by atoms with E-state index in [1.807, 2.05) is 24.3 Å². The maximum absolute atomic E-state index is 12.5. The van der Waals surface area contributed by atoms with Crippen molar-refractivity contribution >= 4 is 34.0 Å². The van der Waals surface area contributed by atoms with E-state index < -0.39 is 10.8 Å². The summed E-state index contributed by atoms with van der Waals surface area (Å²) in [6.07, 6.45) is 3.09. The third-order valence-corrected chi connectivity index (χ3v) is 5.59. The molecular formula is C15H17ClN4O2S. The van der Waals surface area contributed by atoms with Crippen LogP contribution < -0.4 is 5.32 Å². The van der Waals surface area contributed by atoms with Gasteiger partial charge in [-0.25, -0.2) is 9.97 Å². The zero-order chi connectivity index (χ0) is 16.1. The van der Waals surface area contributed by atoms with E-state index in [-0.39, 0.29) is 10.5 Å². The van der Waals surface area contributed by atoms with Crippen molar-refractivity contribution in [2.45, 2.75) is 23.8 Å². The zero-order valence-electron chi connectivity index (χ0n) is 12.4. The summed E-state index contributed by atoms with van der Waals surface area (Å²) in [7, 11) is -0.886. The molecule has 1 aromatic carbocycles. The van der Waals surface area contributed by atoms with Crippen LogP contribution in [-0.2, 0) is 21.3 Å². The largest absolute Gasteiger partial charge is 0.381 e. The molecule has 0 amide bonds. The van der Waals surface area contributed by atoms with Crippen molar-refractivity contribution in [1.29, 1.82) is 0 Å². The van der Waals surface area contributed by atoms with Gasteiger partial charge in [-0.3, -0.25) is 4.21 Å². The lowest BCUT2D eigenvalue weighted by molar-refractivity contribution is 0.0992. The quantitative estimate of drug-likeness (QED) is 0.891. The number of nitrogens with zero attached hydrogens (tertiary/aromatic N) is 3. The third kappa shape index (κ3) is 4.70. The van der Waals surface area contributed by atoms with Crippen molar-refractivity contribution in [3.05, 3.63) is 41.4 Å². The van der Waals surface area contributed by atoms with E-state index in [0.29, 0.717) is 24.9 Å². The molecule has 0 aliphatic carbocycles. The van der Waals surface area contributed by atoms with Crippen molar-refractivity contribution in [2.24, 2.45) is 0 Å². The lowest BCUT2D eigenvalue weighted by Crippen LogP contribution is -2.25. The number of hydrogen-bond acceptors (Lipinski definition) is 6. The number of benzene rings is 1. The number of halogens is 1. The predicted octanol–water partition coefficient (Wildman–Crippen LogP) is 2.70. The first-order valence-corrected chi connectivity index (χ1v) is 9.12. The van der Waals surface area contributed by atoms with Crippen LogP contribution in [0.15, 0.2) is 30.6 Å². The van der Waals surface area contributed by atoms with Gasteiger partial charge < -0.3 is 10.1 Å². The van der Waals surface area contributed by atoms with E-state index in [1.165, 1.54) is 6.33 Å². The van der Waals surface area contributed by atoms with Crippen LogP contribution in [0.2, 0.25) is 5.28 Å². The van der Waals surface area contributed by atoms with Gasteiger partial charge in [0.1, 0.15) is 6.33 Å². The molecule has 1 saturated heterocycles. The summed E-state index contributed by atoms with van der Waals surface area (Å²) >= 11 is 5.74. The Labute approximate surface area is 142 Å². The standard InChI is InChI=1S/C15H17ClN4O2S/c16-14-17-10-18-15(20-14)19-12-3-1-2-11(8-12)9-23(21)13-4-6-22-7-5-13/h1-3,8,10,13H,4-7,9H2,(H,17,18,19,20)/t23-/m0/s1. The molecule has 1 aliphatic rings. The summed E-state index contributed by atoms with van der Waals surface area (Å²) in [6, 6.07) is 7.75. The maximum atomic E-state index is 12.5. The van der Waals surface area contributed by atoms with Crippen molar-refractivity contribution in [3.8, 4) is 0 Å². The van der Waals surface area contributed by atoms with Gasteiger partial charge in [-0.05, 0) is 42.1 Å². The van der Waals surface area contributed by atoms with Crippen LogP contribution in [0, 0.1) is 0 Å². The Morgan fingerprint density at radius 3 is 2.91 bits per heavy atom. The van der Waals surface area contributed by atoms with E-state index >= 15 is 0 Å². The molecule has 0 saturated carbocycles. The summed E-state index contributed by atoms with van der Waals surface area (Å²) in [5.41, 5.74) is 1.84. The minimum atomic E-state index is -0.886. The molecule has 0 radical (unpaired) electrons. The highest BCUT2D eigenvalue weighted by atomic mass is 35.5. The first-order valence-electron chi connectivity index (χ1n) is 7.36. The Kier molecular flexibility index (Phi) is 5.53. The SMILES string of the molecule is O=[S@@](Cc1cccc(Nc2ncnc(Cl)n2)c1)C1CCOCC1. The molecule has 122 valence electrons. The van der Waals surface area contributed by atoms with Crippen LogP contribution in [0.3, 0.4) is 0 Å². The van der Waals surface area contributed by atoms with Gasteiger partial charge in [0.2, 0.25) is 11.2 Å². The summed E-state index contributed by atoms with van der Waals surface area (Å²) < 4.78 is 17.8. The molecule has 0 unspecified atom stereocenters. The molecule has 2 aromatic rings. The highest BCUT2D eigenvalue weighted by Crippen LogP contribution is 2.20. The topological polar surface area (TPSA) is 77.0 Å². The molecule has 6 nitrogen and oxygen atoms in total. The number of aromatic nitrogens is 3. The number of hydrogen-bond donors (Lipinski definition) is 1. The molecule has 1 fully saturated rings. The first-order chi connectivity index (χ1) is 11.2. The average molecular weight is 353 g/mol. The number of anilines is 2. The van der Waals surface area contributed by atoms with Crippen molar-refractivity contribution < 1.29 is 8.95 Å². The Bertz CT molecular complexity index is 695. The Balaban J connectivity index is 1.66. The van der Waals surface area contributed by atoms with E-state index in [0.717, 1.165) is 24.1 Å². The number of ether oxygens (including phenoxy) is 1.